The largest absolute Gasteiger partial charge is 0.345 e. The Kier molecular flexibility index (Phi) is 4.71. The lowest BCUT2D eigenvalue weighted by molar-refractivity contribution is 0.0945. The standard InChI is InChI=1S/C17H14FN5O/c18-12-4-6-13(7-5-12)23-16-11-20-15(10-21-16)17(24)22-9-14-3-1-2-8-19-14/h1-8,10-11H,9H2,(H,21,23)(H,22,24). The van der Waals surface area contributed by atoms with Crippen LogP contribution in [0.5, 0.6) is 0 Å². The summed E-state index contributed by atoms with van der Waals surface area (Å²) in [5.74, 6) is -0.184. The number of anilines is 2. The minimum absolute atomic E-state index is 0.204. The molecule has 24 heavy (non-hydrogen) atoms. The number of hydrogen-bond acceptors (Lipinski definition) is 5. The van der Waals surface area contributed by atoms with E-state index in [-0.39, 0.29) is 17.4 Å². The molecule has 0 saturated heterocycles. The van der Waals surface area contributed by atoms with Gasteiger partial charge in [0.1, 0.15) is 17.3 Å². The highest BCUT2D eigenvalue weighted by atomic mass is 19.1. The van der Waals surface area contributed by atoms with Crippen molar-refractivity contribution in [2.24, 2.45) is 0 Å². The van der Waals surface area contributed by atoms with Gasteiger partial charge in [-0.3, -0.25) is 9.78 Å². The van der Waals surface area contributed by atoms with Crippen molar-refractivity contribution in [3.05, 3.63) is 78.3 Å². The fraction of sp³-hybridized carbons (Fsp3) is 0.0588. The predicted molar refractivity (Wildman–Crippen MR) is 87.1 cm³/mol. The molecule has 0 atom stereocenters. The van der Waals surface area contributed by atoms with Crippen molar-refractivity contribution in [3.63, 3.8) is 0 Å². The SMILES string of the molecule is O=C(NCc1ccccn1)c1cnc(Nc2ccc(F)cc2)cn1. The van der Waals surface area contributed by atoms with Crippen molar-refractivity contribution in [2.45, 2.75) is 6.54 Å². The maximum atomic E-state index is 12.9. The lowest BCUT2D eigenvalue weighted by Crippen LogP contribution is -2.24. The summed E-state index contributed by atoms with van der Waals surface area (Å²) in [6.45, 7) is 0.316. The fourth-order valence-corrected chi connectivity index (χ4v) is 1.96. The molecule has 0 saturated carbocycles. The van der Waals surface area contributed by atoms with Crippen LogP contribution in [-0.2, 0) is 6.54 Å². The Balaban J connectivity index is 1.59. The first-order valence-electron chi connectivity index (χ1n) is 7.23. The number of aromatic nitrogens is 3. The summed E-state index contributed by atoms with van der Waals surface area (Å²) in [7, 11) is 0. The van der Waals surface area contributed by atoms with Gasteiger partial charge in [0.25, 0.3) is 5.91 Å². The van der Waals surface area contributed by atoms with Crippen LogP contribution in [0.2, 0.25) is 0 Å². The fourth-order valence-electron chi connectivity index (χ4n) is 1.96. The second kappa shape index (κ2) is 7.28. The molecule has 0 aliphatic heterocycles. The lowest BCUT2D eigenvalue weighted by atomic mass is 10.3. The smallest absolute Gasteiger partial charge is 0.271 e. The van der Waals surface area contributed by atoms with Gasteiger partial charge in [-0.15, -0.1) is 0 Å². The number of halogens is 1. The molecule has 0 aliphatic rings. The van der Waals surface area contributed by atoms with Crippen molar-refractivity contribution < 1.29 is 9.18 Å². The van der Waals surface area contributed by atoms with E-state index < -0.39 is 0 Å². The van der Waals surface area contributed by atoms with Crippen LogP contribution in [0.25, 0.3) is 0 Å². The molecule has 0 fully saturated rings. The number of carbonyl (C=O) groups is 1. The molecule has 0 radical (unpaired) electrons. The molecule has 1 aromatic carbocycles. The highest BCUT2D eigenvalue weighted by Crippen LogP contribution is 2.14. The molecule has 6 nitrogen and oxygen atoms in total. The van der Waals surface area contributed by atoms with Crippen molar-refractivity contribution in [1.82, 2.24) is 20.3 Å². The monoisotopic (exact) mass is 323 g/mol. The van der Waals surface area contributed by atoms with Crippen LogP contribution in [0.4, 0.5) is 15.9 Å². The minimum atomic E-state index is -0.332. The molecule has 2 N–H and O–H groups in total. The summed E-state index contributed by atoms with van der Waals surface area (Å²) < 4.78 is 12.9. The third kappa shape index (κ3) is 4.10. The van der Waals surface area contributed by atoms with Crippen molar-refractivity contribution in [3.8, 4) is 0 Å². The van der Waals surface area contributed by atoms with Crippen molar-refractivity contribution >= 4 is 17.4 Å². The summed E-state index contributed by atoms with van der Waals surface area (Å²) in [6.07, 6.45) is 4.48. The Morgan fingerprint density at radius 3 is 2.50 bits per heavy atom. The molecule has 0 bridgehead atoms. The van der Waals surface area contributed by atoms with Crippen molar-refractivity contribution in [2.75, 3.05) is 5.32 Å². The van der Waals surface area contributed by atoms with Gasteiger partial charge >= 0.3 is 0 Å². The first kappa shape index (κ1) is 15.5. The normalized spacial score (nSPS) is 10.2. The predicted octanol–water partition coefficient (Wildman–Crippen LogP) is 2.68. The molecule has 0 spiro atoms. The topological polar surface area (TPSA) is 79.8 Å². The molecule has 2 heterocycles. The second-order valence-corrected chi connectivity index (χ2v) is 4.92. The van der Waals surface area contributed by atoms with Crippen LogP contribution in [0.15, 0.2) is 61.1 Å². The summed E-state index contributed by atoms with van der Waals surface area (Å²) in [4.78, 5) is 24.3. The Morgan fingerprint density at radius 2 is 1.83 bits per heavy atom. The Morgan fingerprint density at radius 1 is 1.00 bits per heavy atom. The number of pyridine rings is 1. The van der Waals surface area contributed by atoms with E-state index in [0.717, 1.165) is 5.69 Å². The van der Waals surface area contributed by atoms with Crippen LogP contribution in [0, 0.1) is 5.82 Å². The molecule has 1 amide bonds. The van der Waals surface area contributed by atoms with E-state index in [1.165, 1.54) is 24.5 Å². The van der Waals surface area contributed by atoms with Crippen LogP contribution in [0.3, 0.4) is 0 Å². The average Bonchev–Trinajstić information content (AvgIpc) is 2.63. The maximum Gasteiger partial charge on any atom is 0.271 e. The molecule has 0 unspecified atom stereocenters. The number of rotatable bonds is 5. The Hall–Kier alpha value is -3.35. The van der Waals surface area contributed by atoms with E-state index >= 15 is 0 Å². The average molecular weight is 323 g/mol. The number of amides is 1. The van der Waals surface area contributed by atoms with Crippen LogP contribution < -0.4 is 10.6 Å². The van der Waals surface area contributed by atoms with Gasteiger partial charge in [0.15, 0.2) is 0 Å². The Labute approximate surface area is 137 Å². The van der Waals surface area contributed by atoms with Crippen LogP contribution in [0.1, 0.15) is 16.2 Å². The molecular weight excluding hydrogens is 309 g/mol. The lowest BCUT2D eigenvalue weighted by Gasteiger charge is -2.06. The number of carbonyl (C=O) groups excluding carboxylic acids is 1. The van der Waals surface area contributed by atoms with E-state index in [1.807, 2.05) is 18.2 Å². The highest BCUT2D eigenvalue weighted by molar-refractivity contribution is 5.91. The first-order valence-corrected chi connectivity index (χ1v) is 7.23. The van der Waals surface area contributed by atoms with Gasteiger partial charge in [-0.1, -0.05) is 6.07 Å². The van der Waals surface area contributed by atoms with E-state index in [4.69, 9.17) is 0 Å². The van der Waals surface area contributed by atoms with Gasteiger partial charge in [0.2, 0.25) is 0 Å². The Bertz CT molecular complexity index is 807. The zero-order valence-electron chi connectivity index (χ0n) is 12.6. The number of nitrogens with zero attached hydrogens (tertiary/aromatic N) is 3. The summed E-state index contributed by atoms with van der Waals surface area (Å²) in [6, 6.07) is 11.3. The summed E-state index contributed by atoms with van der Waals surface area (Å²) in [5, 5.41) is 5.70. The zero-order valence-corrected chi connectivity index (χ0v) is 12.6. The van der Waals surface area contributed by atoms with Crippen molar-refractivity contribution in [1.29, 1.82) is 0 Å². The van der Waals surface area contributed by atoms with E-state index in [9.17, 15) is 9.18 Å². The van der Waals surface area contributed by atoms with Gasteiger partial charge in [-0.25, -0.2) is 14.4 Å². The van der Waals surface area contributed by atoms with E-state index in [0.29, 0.717) is 18.1 Å². The zero-order chi connectivity index (χ0) is 16.8. The molecule has 120 valence electrons. The van der Waals surface area contributed by atoms with Gasteiger partial charge < -0.3 is 10.6 Å². The third-order valence-electron chi connectivity index (χ3n) is 3.16. The first-order chi connectivity index (χ1) is 11.7. The molecule has 2 aromatic heterocycles. The minimum Gasteiger partial charge on any atom is -0.345 e. The summed E-state index contributed by atoms with van der Waals surface area (Å²) in [5.41, 5.74) is 1.64. The summed E-state index contributed by atoms with van der Waals surface area (Å²) >= 11 is 0. The second-order valence-electron chi connectivity index (χ2n) is 4.92. The molecule has 0 aliphatic carbocycles. The highest BCUT2D eigenvalue weighted by Gasteiger charge is 2.08. The quantitative estimate of drug-likeness (QED) is 0.754. The van der Waals surface area contributed by atoms with Gasteiger partial charge in [0.05, 0.1) is 24.6 Å². The number of hydrogen-bond donors (Lipinski definition) is 2. The third-order valence-corrected chi connectivity index (χ3v) is 3.16. The number of benzene rings is 1. The van der Waals surface area contributed by atoms with Gasteiger partial charge in [-0.2, -0.15) is 0 Å². The van der Waals surface area contributed by atoms with E-state index in [2.05, 4.69) is 25.6 Å². The molecule has 7 heteroatoms. The number of nitrogens with one attached hydrogen (secondary N) is 2. The van der Waals surface area contributed by atoms with Gasteiger partial charge in [0, 0.05) is 11.9 Å². The van der Waals surface area contributed by atoms with E-state index in [1.54, 1.807) is 18.3 Å². The molecule has 3 aromatic rings. The van der Waals surface area contributed by atoms with Crippen LogP contribution in [-0.4, -0.2) is 20.9 Å². The molecular formula is C17H14FN5O. The van der Waals surface area contributed by atoms with Gasteiger partial charge in [-0.05, 0) is 36.4 Å². The maximum absolute atomic E-state index is 12.9. The molecule has 3 rings (SSSR count). The van der Waals surface area contributed by atoms with Crippen LogP contribution >= 0.6 is 0 Å².